The van der Waals surface area contributed by atoms with Crippen LogP contribution in [0, 0.1) is 0 Å². The van der Waals surface area contributed by atoms with Gasteiger partial charge in [0.2, 0.25) is 0 Å². The van der Waals surface area contributed by atoms with Gasteiger partial charge in [-0.2, -0.15) is 13.2 Å². The summed E-state index contributed by atoms with van der Waals surface area (Å²) in [6.07, 6.45) is -4.72. The molecule has 4 rings (SSSR count). The zero-order valence-corrected chi connectivity index (χ0v) is 21.9. The zero-order valence-electron chi connectivity index (χ0n) is 19.6. The molecule has 3 aromatic carbocycles. The normalized spacial score (nSPS) is 15.6. The van der Waals surface area contributed by atoms with E-state index < -0.39 is 11.7 Å². The highest BCUT2D eigenvalue weighted by molar-refractivity contribution is 6.42. The lowest BCUT2D eigenvalue weighted by Gasteiger charge is -2.36. The van der Waals surface area contributed by atoms with Gasteiger partial charge >= 0.3 is 6.18 Å². The summed E-state index contributed by atoms with van der Waals surface area (Å²) in [5, 5.41) is 1.33. The highest BCUT2D eigenvalue weighted by atomic mass is 35.5. The van der Waals surface area contributed by atoms with Gasteiger partial charge in [-0.25, -0.2) is 0 Å². The number of amides is 1. The third-order valence-corrected chi connectivity index (χ3v) is 7.22. The van der Waals surface area contributed by atoms with Crippen LogP contribution in [0.1, 0.15) is 33.2 Å². The number of carbonyl (C=O) groups is 1. The molecule has 10 heteroatoms. The number of halogens is 6. The smallest absolute Gasteiger partial charge is 0.368 e. The number of ether oxygens (including phenoxy) is 1. The van der Waals surface area contributed by atoms with Crippen LogP contribution in [-0.4, -0.2) is 48.4 Å². The number of hydrogen-bond donors (Lipinski definition) is 0. The molecule has 1 unspecified atom stereocenters. The Morgan fingerprint density at radius 1 is 0.865 bits per heavy atom. The van der Waals surface area contributed by atoms with Gasteiger partial charge in [-0.1, -0.05) is 59.1 Å². The van der Waals surface area contributed by atoms with Crippen LogP contribution in [0.2, 0.25) is 15.1 Å². The summed E-state index contributed by atoms with van der Waals surface area (Å²) in [6, 6.07) is 17.1. The van der Waals surface area contributed by atoms with E-state index in [0.29, 0.717) is 58.9 Å². The predicted octanol–water partition coefficient (Wildman–Crippen LogP) is 7.38. The summed E-state index contributed by atoms with van der Waals surface area (Å²) in [7, 11) is 0. The number of hydrogen-bond acceptors (Lipinski definition) is 3. The van der Waals surface area contributed by atoms with E-state index in [1.165, 1.54) is 12.1 Å². The average molecular weight is 572 g/mol. The van der Waals surface area contributed by atoms with Crippen molar-refractivity contribution in [3.8, 4) is 0 Å². The number of piperazine rings is 1. The SMILES string of the molecule is O=C(c1ccc(Cl)c(Cl)c1)N1CCN(CC(OCc2ccc(C(F)(F)F)cc2)c2ccc(Cl)cc2)CC1. The molecular weight excluding hydrogens is 548 g/mol. The van der Waals surface area contributed by atoms with Crippen molar-refractivity contribution in [3.05, 3.63) is 104 Å². The first-order chi connectivity index (χ1) is 17.6. The van der Waals surface area contributed by atoms with E-state index in [-0.39, 0.29) is 18.6 Å². The zero-order chi connectivity index (χ0) is 26.6. The molecule has 1 heterocycles. The Balaban J connectivity index is 1.38. The minimum atomic E-state index is -4.38. The summed E-state index contributed by atoms with van der Waals surface area (Å²) in [4.78, 5) is 16.9. The Bertz CT molecular complexity index is 1210. The van der Waals surface area contributed by atoms with Crippen LogP contribution < -0.4 is 0 Å². The van der Waals surface area contributed by atoms with Crippen LogP contribution >= 0.6 is 34.8 Å². The van der Waals surface area contributed by atoms with E-state index in [4.69, 9.17) is 39.5 Å². The Hall–Kier alpha value is -2.29. The predicted molar refractivity (Wildman–Crippen MR) is 139 cm³/mol. The minimum Gasteiger partial charge on any atom is -0.368 e. The van der Waals surface area contributed by atoms with Gasteiger partial charge in [0.05, 0.1) is 28.3 Å². The third kappa shape index (κ3) is 7.39. The van der Waals surface area contributed by atoms with Crippen molar-refractivity contribution >= 4 is 40.7 Å². The Labute approximate surface area is 228 Å². The number of alkyl halides is 3. The molecule has 37 heavy (non-hydrogen) atoms. The molecule has 196 valence electrons. The molecule has 4 nitrogen and oxygen atoms in total. The lowest BCUT2D eigenvalue weighted by Crippen LogP contribution is -2.49. The number of benzene rings is 3. The molecule has 1 aliphatic rings. The van der Waals surface area contributed by atoms with Crippen molar-refractivity contribution in [1.82, 2.24) is 9.80 Å². The fourth-order valence-corrected chi connectivity index (χ4v) is 4.52. The molecule has 0 bridgehead atoms. The molecule has 0 aromatic heterocycles. The Morgan fingerprint density at radius 3 is 2.11 bits per heavy atom. The maximum atomic E-state index is 12.9. The summed E-state index contributed by atoms with van der Waals surface area (Å²) >= 11 is 18.1. The van der Waals surface area contributed by atoms with Crippen molar-refractivity contribution in [2.75, 3.05) is 32.7 Å². The summed E-state index contributed by atoms with van der Waals surface area (Å²) in [5.74, 6) is -0.106. The molecular formula is C27H24Cl3F3N2O2. The molecule has 1 amide bonds. The molecule has 1 saturated heterocycles. The largest absolute Gasteiger partial charge is 0.416 e. The van der Waals surface area contributed by atoms with E-state index in [0.717, 1.165) is 17.7 Å². The standard InChI is InChI=1S/C27H24Cl3F3N2O2/c28-22-8-3-19(4-9-22)25(37-17-18-1-6-21(7-2-18)27(31,32)33)16-34-11-13-35(14-12-34)26(36)20-5-10-23(29)24(30)15-20/h1-10,15,25H,11-14,16-17H2. The van der Waals surface area contributed by atoms with Crippen LogP contribution in [0.5, 0.6) is 0 Å². The van der Waals surface area contributed by atoms with E-state index in [9.17, 15) is 18.0 Å². The maximum absolute atomic E-state index is 12.9. The van der Waals surface area contributed by atoms with Gasteiger partial charge in [0.25, 0.3) is 5.91 Å². The van der Waals surface area contributed by atoms with Crippen LogP contribution in [0.3, 0.4) is 0 Å². The average Bonchev–Trinajstić information content (AvgIpc) is 2.88. The van der Waals surface area contributed by atoms with Crippen LogP contribution in [0.4, 0.5) is 13.2 Å². The van der Waals surface area contributed by atoms with Gasteiger partial charge in [0.1, 0.15) is 0 Å². The number of rotatable bonds is 7. The van der Waals surface area contributed by atoms with Gasteiger partial charge in [0, 0.05) is 43.3 Å². The van der Waals surface area contributed by atoms with E-state index in [1.807, 2.05) is 12.1 Å². The monoisotopic (exact) mass is 570 g/mol. The topological polar surface area (TPSA) is 32.8 Å². The van der Waals surface area contributed by atoms with E-state index >= 15 is 0 Å². The van der Waals surface area contributed by atoms with Crippen molar-refractivity contribution in [1.29, 1.82) is 0 Å². The second kappa shape index (κ2) is 12.0. The molecule has 3 aromatic rings. The number of nitrogens with zero attached hydrogens (tertiary/aromatic N) is 2. The fraction of sp³-hybridized carbons (Fsp3) is 0.296. The Kier molecular flexibility index (Phi) is 9.03. The van der Waals surface area contributed by atoms with Gasteiger partial charge in [-0.05, 0) is 53.6 Å². The minimum absolute atomic E-state index is 0.106. The van der Waals surface area contributed by atoms with Crippen LogP contribution in [0.25, 0.3) is 0 Å². The molecule has 0 N–H and O–H groups in total. The molecule has 0 aliphatic carbocycles. The molecule has 0 radical (unpaired) electrons. The van der Waals surface area contributed by atoms with Crippen molar-refractivity contribution < 1.29 is 22.7 Å². The van der Waals surface area contributed by atoms with Gasteiger partial charge in [-0.3, -0.25) is 9.69 Å². The first kappa shape index (κ1) is 27.7. The molecule has 1 fully saturated rings. The highest BCUT2D eigenvalue weighted by Gasteiger charge is 2.30. The third-order valence-electron chi connectivity index (χ3n) is 6.22. The molecule has 0 spiro atoms. The first-order valence-corrected chi connectivity index (χ1v) is 12.7. The Morgan fingerprint density at radius 2 is 1.51 bits per heavy atom. The fourth-order valence-electron chi connectivity index (χ4n) is 4.10. The van der Waals surface area contributed by atoms with E-state index in [1.54, 1.807) is 35.2 Å². The maximum Gasteiger partial charge on any atom is 0.416 e. The lowest BCUT2D eigenvalue weighted by atomic mass is 10.1. The molecule has 0 saturated carbocycles. The van der Waals surface area contributed by atoms with Crippen LogP contribution in [0.15, 0.2) is 66.7 Å². The van der Waals surface area contributed by atoms with Crippen molar-refractivity contribution in [2.24, 2.45) is 0 Å². The summed E-state index contributed by atoms with van der Waals surface area (Å²) < 4.78 is 44.8. The van der Waals surface area contributed by atoms with E-state index in [2.05, 4.69) is 4.90 Å². The lowest BCUT2D eigenvalue weighted by molar-refractivity contribution is -0.137. The van der Waals surface area contributed by atoms with Gasteiger partial charge < -0.3 is 9.64 Å². The second-order valence-corrected chi connectivity index (χ2v) is 10.0. The second-order valence-electron chi connectivity index (χ2n) is 8.77. The van der Waals surface area contributed by atoms with Crippen molar-refractivity contribution in [3.63, 3.8) is 0 Å². The molecule has 1 aliphatic heterocycles. The summed E-state index contributed by atoms with van der Waals surface area (Å²) in [5.41, 5.74) is 1.34. The quantitative estimate of drug-likeness (QED) is 0.297. The molecule has 1 atom stereocenters. The van der Waals surface area contributed by atoms with Crippen molar-refractivity contribution in [2.45, 2.75) is 18.9 Å². The van der Waals surface area contributed by atoms with Gasteiger partial charge in [-0.15, -0.1) is 0 Å². The van der Waals surface area contributed by atoms with Crippen LogP contribution in [-0.2, 0) is 17.5 Å². The first-order valence-electron chi connectivity index (χ1n) is 11.6. The highest BCUT2D eigenvalue weighted by Crippen LogP contribution is 2.30. The summed E-state index contributed by atoms with van der Waals surface area (Å²) in [6.45, 7) is 3.05. The van der Waals surface area contributed by atoms with Gasteiger partial charge in [0.15, 0.2) is 0 Å². The number of carbonyl (C=O) groups excluding carboxylic acids is 1.